The molecule has 0 aliphatic carbocycles. The van der Waals surface area contributed by atoms with Crippen molar-refractivity contribution in [3.8, 4) is 5.75 Å². The summed E-state index contributed by atoms with van der Waals surface area (Å²) in [5.41, 5.74) is 2.57. The first-order valence-corrected chi connectivity index (χ1v) is 10.8. The number of rotatable bonds is 7. The van der Waals surface area contributed by atoms with Gasteiger partial charge in [0.1, 0.15) is 30.2 Å². The lowest BCUT2D eigenvalue weighted by atomic mass is 9.97. The third-order valence-corrected chi connectivity index (χ3v) is 6.08. The lowest BCUT2D eigenvalue weighted by molar-refractivity contribution is -0.0952. The van der Waals surface area contributed by atoms with Gasteiger partial charge in [-0.25, -0.2) is 0 Å². The minimum Gasteiger partial charge on any atom is -0.488 e. The van der Waals surface area contributed by atoms with Gasteiger partial charge in [-0.2, -0.15) is 0 Å². The van der Waals surface area contributed by atoms with Crippen LogP contribution in [-0.2, 0) is 15.9 Å². The molecular formula is C23H27ClO7. The number of hydrogen-bond donors (Lipinski definition) is 4. The second-order valence-electron chi connectivity index (χ2n) is 8.07. The van der Waals surface area contributed by atoms with Gasteiger partial charge in [0.05, 0.1) is 19.3 Å². The van der Waals surface area contributed by atoms with Crippen LogP contribution in [0.3, 0.4) is 0 Å². The summed E-state index contributed by atoms with van der Waals surface area (Å²) in [5.74, 6) is 0.799. The van der Waals surface area contributed by atoms with Crippen LogP contribution >= 0.6 is 11.6 Å². The highest BCUT2D eigenvalue weighted by atomic mass is 35.5. The first kappa shape index (κ1) is 22.5. The van der Waals surface area contributed by atoms with Crippen molar-refractivity contribution in [1.29, 1.82) is 0 Å². The van der Waals surface area contributed by atoms with Crippen molar-refractivity contribution in [2.75, 3.05) is 13.2 Å². The van der Waals surface area contributed by atoms with Gasteiger partial charge in [0.2, 0.25) is 0 Å². The standard InChI is InChI=1S/C23H27ClO7/c24-18-6-3-14(23-22(28)21(27)19(31-23)11-20(25)26)10-15(18)9-13-1-4-16(5-2-13)30-17-7-8-29-12-17/h1-6,10,17,19-23,25-28H,7-9,11-12H2/t17-,19-,21+,22-,23-/m0/s1. The van der Waals surface area contributed by atoms with Crippen molar-refractivity contribution < 1.29 is 34.6 Å². The molecule has 0 unspecified atom stereocenters. The molecule has 0 bridgehead atoms. The minimum atomic E-state index is -1.63. The molecule has 2 saturated heterocycles. The molecule has 7 nitrogen and oxygen atoms in total. The fraction of sp³-hybridized carbons (Fsp3) is 0.478. The van der Waals surface area contributed by atoms with Crippen LogP contribution in [0.1, 0.15) is 35.6 Å². The Labute approximate surface area is 185 Å². The summed E-state index contributed by atoms with van der Waals surface area (Å²) < 4.78 is 16.9. The predicted molar refractivity (Wildman–Crippen MR) is 113 cm³/mol. The van der Waals surface area contributed by atoms with E-state index in [-0.39, 0.29) is 12.5 Å². The predicted octanol–water partition coefficient (Wildman–Crippen LogP) is 1.96. The van der Waals surface area contributed by atoms with Gasteiger partial charge in [0, 0.05) is 17.9 Å². The summed E-state index contributed by atoms with van der Waals surface area (Å²) in [7, 11) is 0. The summed E-state index contributed by atoms with van der Waals surface area (Å²) in [6.07, 6.45) is -4.26. The fourth-order valence-corrected chi connectivity index (χ4v) is 4.22. The van der Waals surface area contributed by atoms with Crippen LogP contribution in [0.4, 0.5) is 0 Å². The van der Waals surface area contributed by atoms with E-state index >= 15 is 0 Å². The number of aliphatic hydroxyl groups excluding tert-OH is 3. The average Bonchev–Trinajstić information content (AvgIpc) is 3.35. The third kappa shape index (κ3) is 5.38. The highest BCUT2D eigenvalue weighted by Crippen LogP contribution is 2.37. The van der Waals surface area contributed by atoms with Gasteiger partial charge < -0.3 is 34.6 Å². The zero-order valence-corrected chi connectivity index (χ0v) is 17.7. The number of ether oxygens (including phenoxy) is 3. The maximum atomic E-state index is 10.4. The number of benzene rings is 2. The largest absolute Gasteiger partial charge is 0.488 e. The van der Waals surface area contributed by atoms with Crippen molar-refractivity contribution in [3.05, 3.63) is 64.2 Å². The normalized spacial score (nSPS) is 28.4. The summed E-state index contributed by atoms with van der Waals surface area (Å²) >= 11 is 6.40. The van der Waals surface area contributed by atoms with Gasteiger partial charge in [-0.1, -0.05) is 35.9 Å². The molecule has 168 valence electrons. The first-order chi connectivity index (χ1) is 14.9. The van der Waals surface area contributed by atoms with E-state index in [9.17, 15) is 10.2 Å². The summed E-state index contributed by atoms with van der Waals surface area (Å²) in [5, 5.41) is 39.5. The minimum absolute atomic E-state index is 0.0981. The van der Waals surface area contributed by atoms with Gasteiger partial charge in [0.15, 0.2) is 6.29 Å². The quantitative estimate of drug-likeness (QED) is 0.477. The SMILES string of the molecule is OC(O)C[C@@H]1O[C@@H](c2ccc(Cl)c(Cc3ccc(O[C@H]4CCOC4)cc3)c2)[C@@H](O)[C@@H]1O. The molecule has 0 aromatic heterocycles. The summed E-state index contributed by atoms with van der Waals surface area (Å²) in [6, 6.07) is 13.1. The van der Waals surface area contributed by atoms with E-state index < -0.39 is 30.7 Å². The molecule has 2 fully saturated rings. The Kier molecular flexibility index (Phi) is 7.13. The summed E-state index contributed by atoms with van der Waals surface area (Å²) in [6.45, 7) is 1.35. The highest BCUT2D eigenvalue weighted by molar-refractivity contribution is 6.31. The Morgan fingerprint density at radius 2 is 1.84 bits per heavy atom. The van der Waals surface area contributed by atoms with Crippen LogP contribution in [-0.4, -0.2) is 64.3 Å². The van der Waals surface area contributed by atoms with Gasteiger partial charge in [-0.3, -0.25) is 0 Å². The van der Waals surface area contributed by atoms with E-state index in [4.69, 9.17) is 36.0 Å². The Bertz CT molecular complexity index is 867. The molecule has 2 aromatic carbocycles. The van der Waals surface area contributed by atoms with Crippen LogP contribution in [0.5, 0.6) is 5.75 Å². The molecule has 2 aliphatic rings. The number of hydrogen-bond acceptors (Lipinski definition) is 7. The third-order valence-electron chi connectivity index (χ3n) is 5.71. The molecule has 2 heterocycles. The van der Waals surface area contributed by atoms with Crippen LogP contribution in [0.15, 0.2) is 42.5 Å². The second kappa shape index (κ2) is 9.83. The highest BCUT2D eigenvalue weighted by Gasteiger charge is 2.43. The van der Waals surface area contributed by atoms with Crippen molar-refractivity contribution in [1.82, 2.24) is 0 Å². The summed E-state index contributed by atoms with van der Waals surface area (Å²) in [4.78, 5) is 0. The molecule has 0 saturated carbocycles. The molecule has 0 amide bonds. The molecule has 8 heteroatoms. The monoisotopic (exact) mass is 450 g/mol. The molecule has 4 N–H and O–H groups in total. The van der Waals surface area contributed by atoms with Gasteiger partial charge in [-0.05, 0) is 41.3 Å². The zero-order valence-electron chi connectivity index (χ0n) is 16.9. The molecule has 2 aliphatic heterocycles. The Balaban J connectivity index is 1.45. The molecule has 5 atom stereocenters. The van der Waals surface area contributed by atoms with Crippen LogP contribution in [0.25, 0.3) is 0 Å². The molecular weight excluding hydrogens is 424 g/mol. The Hall–Kier alpha value is -1.71. The zero-order chi connectivity index (χ0) is 22.0. The Morgan fingerprint density at radius 1 is 1.06 bits per heavy atom. The second-order valence-corrected chi connectivity index (χ2v) is 8.47. The molecule has 2 aromatic rings. The molecule has 31 heavy (non-hydrogen) atoms. The van der Waals surface area contributed by atoms with E-state index in [1.807, 2.05) is 30.3 Å². The van der Waals surface area contributed by atoms with Crippen molar-refractivity contribution in [2.24, 2.45) is 0 Å². The topological polar surface area (TPSA) is 109 Å². The van der Waals surface area contributed by atoms with Gasteiger partial charge >= 0.3 is 0 Å². The van der Waals surface area contributed by atoms with E-state index in [2.05, 4.69) is 0 Å². The maximum Gasteiger partial charge on any atom is 0.154 e. The number of halogens is 1. The van der Waals surface area contributed by atoms with E-state index in [1.165, 1.54) is 0 Å². The molecule has 4 rings (SSSR count). The van der Waals surface area contributed by atoms with Crippen LogP contribution in [0, 0.1) is 0 Å². The molecule has 0 radical (unpaired) electrons. The van der Waals surface area contributed by atoms with E-state index in [0.717, 1.165) is 29.9 Å². The fourth-order valence-electron chi connectivity index (χ4n) is 4.04. The average molecular weight is 451 g/mol. The van der Waals surface area contributed by atoms with Crippen molar-refractivity contribution in [3.63, 3.8) is 0 Å². The lowest BCUT2D eigenvalue weighted by Gasteiger charge is -2.17. The van der Waals surface area contributed by atoms with Gasteiger partial charge in [0.25, 0.3) is 0 Å². The first-order valence-electron chi connectivity index (χ1n) is 10.4. The number of aliphatic hydroxyl groups is 4. The van der Waals surface area contributed by atoms with Crippen molar-refractivity contribution >= 4 is 11.6 Å². The van der Waals surface area contributed by atoms with Gasteiger partial charge in [-0.15, -0.1) is 0 Å². The smallest absolute Gasteiger partial charge is 0.154 e. The molecule has 0 spiro atoms. The Morgan fingerprint density at radius 3 is 2.52 bits per heavy atom. The van der Waals surface area contributed by atoms with Crippen LogP contribution in [0.2, 0.25) is 5.02 Å². The van der Waals surface area contributed by atoms with E-state index in [1.54, 1.807) is 12.1 Å². The lowest BCUT2D eigenvalue weighted by Crippen LogP contribution is -2.32. The van der Waals surface area contributed by atoms with Crippen LogP contribution < -0.4 is 4.74 Å². The van der Waals surface area contributed by atoms with E-state index in [0.29, 0.717) is 23.6 Å². The van der Waals surface area contributed by atoms with Crippen molar-refractivity contribution in [2.45, 2.75) is 56.1 Å². The maximum absolute atomic E-state index is 10.4.